The fourth-order valence-electron chi connectivity index (χ4n) is 1.41. The molecule has 6 nitrogen and oxygen atoms in total. The van der Waals surface area contributed by atoms with Gasteiger partial charge in [-0.3, -0.25) is 5.43 Å². The number of nitrogens with zero attached hydrogens (tertiary/aromatic N) is 2. The molecule has 0 aromatic heterocycles. The van der Waals surface area contributed by atoms with Gasteiger partial charge in [-0.05, 0) is 5.92 Å². The predicted octanol–water partition coefficient (Wildman–Crippen LogP) is 0.0565. The van der Waals surface area contributed by atoms with Crippen molar-refractivity contribution in [3.05, 3.63) is 0 Å². The first kappa shape index (κ1) is 16.1. The van der Waals surface area contributed by atoms with Gasteiger partial charge in [0.2, 0.25) is 5.96 Å². The molecule has 0 rings (SSSR count). The van der Waals surface area contributed by atoms with Crippen LogP contribution < -0.4 is 11.3 Å². The molecule has 0 bridgehead atoms. The summed E-state index contributed by atoms with van der Waals surface area (Å²) >= 11 is 0. The second-order valence-corrected chi connectivity index (χ2v) is 4.18. The summed E-state index contributed by atoms with van der Waals surface area (Å²) in [6.45, 7) is 7.80. The summed E-state index contributed by atoms with van der Waals surface area (Å²) < 4.78 is 10.0. The van der Waals surface area contributed by atoms with E-state index in [0.29, 0.717) is 31.6 Å². The highest BCUT2D eigenvalue weighted by atomic mass is 16.5. The highest BCUT2D eigenvalue weighted by Crippen LogP contribution is 1.99. The molecular formula is C11H26N4O2. The van der Waals surface area contributed by atoms with Crippen molar-refractivity contribution in [3.63, 3.8) is 0 Å². The number of methoxy groups -OCH3 is 2. The van der Waals surface area contributed by atoms with Gasteiger partial charge in [-0.2, -0.15) is 0 Å². The molecule has 0 aliphatic carbocycles. The van der Waals surface area contributed by atoms with Crippen molar-refractivity contribution in [3.8, 4) is 0 Å². The molecule has 0 saturated heterocycles. The van der Waals surface area contributed by atoms with Gasteiger partial charge in [0, 0.05) is 27.3 Å². The van der Waals surface area contributed by atoms with Gasteiger partial charge in [0.1, 0.15) is 0 Å². The largest absolute Gasteiger partial charge is 0.383 e. The van der Waals surface area contributed by atoms with Crippen molar-refractivity contribution in [1.29, 1.82) is 0 Å². The van der Waals surface area contributed by atoms with Crippen LogP contribution in [0.5, 0.6) is 0 Å². The van der Waals surface area contributed by atoms with E-state index in [1.165, 1.54) is 0 Å². The van der Waals surface area contributed by atoms with E-state index in [1.54, 1.807) is 14.2 Å². The van der Waals surface area contributed by atoms with Crippen LogP contribution in [0.25, 0.3) is 0 Å². The Hall–Kier alpha value is -0.850. The molecule has 0 amide bonds. The topological polar surface area (TPSA) is 72.1 Å². The average Bonchev–Trinajstić information content (AvgIpc) is 2.30. The van der Waals surface area contributed by atoms with Gasteiger partial charge >= 0.3 is 0 Å². The smallest absolute Gasteiger partial charge is 0.208 e. The van der Waals surface area contributed by atoms with E-state index in [-0.39, 0.29) is 0 Å². The number of nitrogens with one attached hydrogen (secondary N) is 1. The second-order valence-electron chi connectivity index (χ2n) is 4.18. The third-order valence-corrected chi connectivity index (χ3v) is 2.14. The zero-order chi connectivity index (χ0) is 13.1. The highest BCUT2D eigenvalue weighted by Gasteiger charge is 2.11. The molecule has 0 aromatic rings. The Balaban J connectivity index is 4.41. The standard InChI is InChI=1S/C11H26N4O2/c1-10(2)9-15(6-8-17-4)11(14-12)13-5-7-16-3/h10H,5-9,12H2,1-4H3,(H,13,14). The van der Waals surface area contributed by atoms with Crippen LogP contribution in [-0.4, -0.2) is 57.9 Å². The van der Waals surface area contributed by atoms with Crippen LogP contribution in [0.1, 0.15) is 13.8 Å². The number of guanidine groups is 1. The summed E-state index contributed by atoms with van der Waals surface area (Å²) in [7, 11) is 3.34. The first-order chi connectivity index (χ1) is 8.15. The van der Waals surface area contributed by atoms with Crippen molar-refractivity contribution in [1.82, 2.24) is 10.3 Å². The molecule has 0 radical (unpaired) electrons. The van der Waals surface area contributed by atoms with Crippen molar-refractivity contribution in [2.75, 3.05) is 47.1 Å². The summed E-state index contributed by atoms with van der Waals surface area (Å²) in [6.07, 6.45) is 0. The summed E-state index contributed by atoms with van der Waals surface area (Å²) in [5.74, 6) is 6.72. The van der Waals surface area contributed by atoms with Gasteiger partial charge < -0.3 is 14.4 Å². The van der Waals surface area contributed by atoms with Crippen LogP contribution >= 0.6 is 0 Å². The monoisotopic (exact) mass is 246 g/mol. The Labute approximate surface area is 104 Å². The second kappa shape index (κ2) is 10.3. The summed E-state index contributed by atoms with van der Waals surface area (Å²) in [5.41, 5.74) is 2.64. The molecule has 0 unspecified atom stereocenters. The first-order valence-corrected chi connectivity index (χ1v) is 5.89. The molecule has 17 heavy (non-hydrogen) atoms. The van der Waals surface area contributed by atoms with E-state index in [9.17, 15) is 0 Å². The average molecular weight is 246 g/mol. The Kier molecular flexibility index (Phi) is 9.80. The van der Waals surface area contributed by atoms with Crippen LogP contribution in [0.4, 0.5) is 0 Å². The van der Waals surface area contributed by atoms with Gasteiger partial charge in [0.25, 0.3) is 0 Å². The van der Waals surface area contributed by atoms with Crippen LogP contribution in [0.2, 0.25) is 0 Å². The van der Waals surface area contributed by atoms with Gasteiger partial charge in [0.15, 0.2) is 0 Å². The van der Waals surface area contributed by atoms with Crippen LogP contribution in [-0.2, 0) is 9.47 Å². The molecule has 0 saturated carbocycles. The van der Waals surface area contributed by atoms with Gasteiger partial charge in [-0.15, -0.1) is 0 Å². The number of hydrazine groups is 1. The lowest BCUT2D eigenvalue weighted by Gasteiger charge is -2.27. The SMILES string of the molecule is COCCN=C(NN)N(CCOC)CC(C)C. The number of aliphatic imine (C=N–C) groups is 1. The van der Waals surface area contributed by atoms with Crippen LogP contribution in [0, 0.1) is 5.92 Å². The first-order valence-electron chi connectivity index (χ1n) is 5.89. The Bertz CT molecular complexity index is 210. The molecule has 3 N–H and O–H groups in total. The number of ether oxygens (including phenoxy) is 2. The normalized spacial score (nSPS) is 12.0. The lowest BCUT2D eigenvalue weighted by molar-refractivity contribution is 0.170. The zero-order valence-corrected chi connectivity index (χ0v) is 11.4. The molecule has 0 aliphatic heterocycles. The minimum atomic E-state index is 0.535. The van der Waals surface area contributed by atoms with E-state index in [2.05, 4.69) is 29.2 Å². The predicted molar refractivity (Wildman–Crippen MR) is 69.8 cm³/mol. The number of hydrogen-bond donors (Lipinski definition) is 2. The van der Waals surface area contributed by atoms with Gasteiger partial charge in [0.05, 0.1) is 19.8 Å². The highest BCUT2D eigenvalue weighted by molar-refractivity contribution is 5.79. The molecule has 0 fully saturated rings. The quantitative estimate of drug-likeness (QED) is 0.208. The van der Waals surface area contributed by atoms with E-state index >= 15 is 0 Å². The summed E-state index contributed by atoms with van der Waals surface area (Å²) in [6, 6.07) is 0. The number of rotatable bonds is 8. The summed E-state index contributed by atoms with van der Waals surface area (Å²) in [4.78, 5) is 6.45. The van der Waals surface area contributed by atoms with Gasteiger partial charge in [-0.25, -0.2) is 10.8 Å². The van der Waals surface area contributed by atoms with Crippen LogP contribution in [0.15, 0.2) is 4.99 Å². The molecule has 0 heterocycles. The number of nitrogens with two attached hydrogens (primary N) is 1. The summed E-state index contributed by atoms with van der Waals surface area (Å²) in [5, 5.41) is 0. The maximum atomic E-state index is 5.50. The third kappa shape index (κ3) is 7.95. The van der Waals surface area contributed by atoms with E-state index in [1.807, 2.05) is 0 Å². The number of hydrogen-bond acceptors (Lipinski definition) is 4. The maximum absolute atomic E-state index is 5.50. The fourth-order valence-corrected chi connectivity index (χ4v) is 1.41. The van der Waals surface area contributed by atoms with Crippen molar-refractivity contribution < 1.29 is 9.47 Å². The molecule has 6 heteroatoms. The minimum absolute atomic E-state index is 0.535. The molecule has 0 aliphatic rings. The fraction of sp³-hybridized carbons (Fsp3) is 0.909. The lowest BCUT2D eigenvalue weighted by Crippen LogP contribution is -2.47. The molecule has 0 spiro atoms. The van der Waals surface area contributed by atoms with E-state index in [4.69, 9.17) is 15.3 Å². The maximum Gasteiger partial charge on any atom is 0.208 e. The Morgan fingerprint density at radius 3 is 2.41 bits per heavy atom. The van der Waals surface area contributed by atoms with E-state index < -0.39 is 0 Å². The van der Waals surface area contributed by atoms with Crippen molar-refractivity contribution in [2.24, 2.45) is 16.8 Å². The lowest BCUT2D eigenvalue weighted by atomic mass is 10.2. The Morgan fingerprint density at radius 2 is 1.94 bits per heavy atom. The molecule has 0 aromatic carbocycles. The zero-order valence-electron chi connectivity index (χ0n) is 11.4. The van der Waals surface area contributed by atoms with Gasteiger partial charge in [-0.1, -0.05) is 13.8 Å². The van der Waals surface area contributed by atoms with Crippen molar-refractivity contribution >= 4 is 5.96 Å². The van der Waals surface area contributed by atoms with E-state index in [0.717, 1.165) is 13.1 Å². The molecule has 0 atom stereocenters. The third-order valence-electron chi connectivity index (χ3n) is 2.14. The van der Waals surface area contributed by atoms with Crippen LogP contribution in [0.3, 0.4) is 0 Å². The molecule has 102 valence electrons. The molecular weight excluding hydrogens is 220 g/mol. The Morgan fingerprint density at radius 1 is 1.29 bits per heavy atom. The minimum Gasteiger partial charge on any atom is -0.383 e. The van der Waals surface area contributed by atoms with Crippen molar-refractivity contribution in [2.45, 2.75) is 13.8 Å².